The molecule has 1 aliphatic rings. The molecule has 0 bridgehead atoms. The van der Waals surface area contributed by atoms with E-state index < -0.39 is 13.0 Å². The molecule has 108 valence electrons. The molecular formula is C12H19F2N3O2. The number of carbonyl (C=O) groups is 1. The molecule has 1 heterocycles. The lowest BCUT2D eigenvalue weighted by atomic mass is 10.2. The van der Waals surface area contributed by atoms with Crippen LogP contribution in [0.4, 0.5) is 8.78 Å². The fraction of sp³-hybridized carbons (Fsp3) is 0.833. The minimum atomic E-state index is -2.49. The Morgan fingerprint density at radius 1 is 1.37 bits per heavy atom. The first-order valence-corrected chi connectivity index (χ1v) is 6.32. The molecule has 0 aliphatic carbocycles. The second-order valence-corrected chi connectivity index (χ2v) is 4.44. The second-order valence-electron chi connectivity index (χ2n) is 4.44. The first kappa shape index (κ1) is 15.8. The van der Waals surface area contributed by atoms with E-state index in [9.17, 15) is 13.6 Å². The molecule has 1 saturated heterocycles. The maximum absolute atomic E-state index is 11.8. The number of alkyl halides is 2. The van der Waals surface area contributed by atoms with Crippen LogP contribution in [-0.2, 0) is 9.53 Å². The minimum Gasteiger partial charge on any atom is -0.375 e. The summed E-state index contributed by atoms with van der Waals surface area (Å²) in [6, 6.07) is 2.02. The van der Waals surface area contributed by atoms with Gasteiger partial charge in [0.15, 0.2) is 0 Å². The van der Waals surface area contributed by atoms with Crippen LogP contribution in [0.2, 0.25) is 0 Å². The first-order valence-electron chi connectivity index (χ1n) is 6.32. The maximum Gasteiger partial charge on any atom is 0.261 e. The largest absolute Gasteiger partial charge is 0.375 e. The molecule has 1 rings (SSSR count). The second kappa shape index (κ2) is 8.02. The van der Waals surface area contributed by atoms with Gasteiger partial charge in [0, 0.05) is 26.2 Å². The molecule has 0 aromatic rings. The predicted molar refractivity (Wildman–Crippen MR) is 64.7 cm³/mol. The van der Waals surface area contributed by atoms with Crippen LogP contribution in [-0.4, -0.2) is 67.6 Å². The summed E-state index contributed by atoms with van der Waals surface area (Å²) >= 11 is 0. The van der Waals surface area contributed by atoms with E-state index in [1.54, 1.807) is 4.90 Å². The number of hydrogen-bond donors (Lipinski definition) is 0. The summed E-state index contributed by atoms with van der Waals surface area (Å²) in [5, 5.41) is 8.80. The van der Waals surface area contributed by atoms with Crippen LogP contribution >= 0.6 is 0 Å². The van der Waals surface area contributed by atoms with Gasteiger partial charge in [-0.15, -0.1) is 0 Å². The summed E-state index contributed by atoms with van der Waals surface area (Å²) in [5.41, 5.74) is 0. The molecule has 1 aliphatic heterocycles. The average Bonchev–Trinajstić information content (AvgIpc) is 2.42. The van der Waals surface area contributed by atoms with Gasteiger partial charge in [-0.1, -0.05) is 0 Å². The number of hydrogen-bond acceptors (Lipinski definition) is 4. The first-order chi connectivity index (χ1) is 9.04. The van der Waals surface area contributed by atoms with Crippen molar-refractivity contribution in [3.63, 3.8) is 0 Å². The summed E-state index contributed by atoms with van der Waals surface area (Å²) in [4.78, 5) is 15.5. The van der Waals surface area contributed by atoms with E-state index in [-0.39, 0.29) is 25.0 Å². The molecular weight excluding hydrogens is 256 g/mol. The highest BCUT2D eigenvalue weighted by Gasteiger charge is 2.23. The lowest BCUT2D eigenvalue weighted by Crippen LogP contribution is -2.51. The van der Waals surface area contributed by atoms with Gasteiger partial charge in [0.2, 0.25) is 5.91 Å². The van der Waals surface area contributed by atoms with Crippen molar-refractivity contribution in [3.05, 3.63) is 0 Å². The third kappa shape index (κ3) is 5.49. The van der Waals surface area contributed by atoms with Crippen molar-refractivity contribution in [2.24, 2.45) is 0 Å². The number of rotatable bonds is 6. The lowest BCUT2D eigenvalue weighted by Gasteiger charge is -2.35. The highest BCUT2D eigenvalue weighted by molar-refractivity contribution is 5.76. The van der Waals surface area contributed by atoms with Crippen LogP contribution in [0.5, 0.6) is 0 Å². The molecule has 0 aromatic carbocycles. The van der Waals surface area contributed by atoms with Gasteiger partial charge in [-0.05, 0) is 6.92 Å². The molecule has 5 nitrogen and oxygen atoms in total. The quantitative estimate of drug-likeness (QED) is 0.670. The molecule has 1 atom stereocenters. The zero-order valence-corrected chi connectivity index (χ0v) is 11.0. The van der Waals surface area contributed by atoms with Crippen LogP contribution in [0, 0.1) is 11.3 Å². The number of nitrogens with zero attached hydrogens (tertiary/aromatic N) is 3. The van der Waals surface area contributed by atoms with Crippen molar-refractivity contribution in [1.82, 2.24) is 9.80 Å². The van der Waals surface area contributed by atoms with E-state index in [0.717, 1.165) is 0 Å². The topological polar surface area (TPSA) is 56.6 Å². The Morgan fingerprint density at radius 2 is 2.00 bits per heavy atom. The number of halogens is 2. The van der Waals surface area contributed by atoms with E-state index in [1.165, 1.54) is 0 Å². The Kier molecular flexibility index (Phi) is 6.67. The SMILES string of the molecule is CC(C#N)N1CCN(C(=O)CCOCC(F)F)CC1. The highest BCUT2D eigenvalue weighted by Crippen LogP contribution is 2.07. The molecule has 0 spiro atoms. The van der Waals surface area contributed by atoms with Crippen molar-refractivity contribution >= 4 is 5.91 Å². The molecule has 7 heteroatoms. The molecule has 0 saturated carbocycles. The van der Waals surface area contributed by atoms with E-state index in [2.05, 4.69) is 10.8 Å². The summed E-state index contributed by atoms with van der Waals surface area (Å²) in [7, 11) is 0. The third-order valence-corrected chi connectivity index (χ3v) is 3.11. The van der Waals surface area contributed by atoms with Crippen LogP contribution in [0.15, 0.2) is 0 Å². The third-order valence-electron chi connectivity index (χ3n) is 3.11. The van der Waals surface area contributed by atoms with Crippen LogP contribution in [0.25, 0.3) is 0 Å². The van der Waals surface area contributed by atoms with E-state index in [1.807, 2.05) is 11.8 Å². The fourth-order valence-corrected chi connectivity index (χ4v) is 1.93. The molecule has 1 unspecified atom stereocenters. The van der Waals surface area contributed by atoms with Gasteiger partial charge in [-0.2, -0.15) is 5.26 Å². The van der Waals surface area contributed by atoms with Crippen molar-refractivity contribution in [3.8, 4) is 6.07 Å². The molecule has 1 amide bonds. The van der Waals surface area contributed by atoms with Crippen molar-refractivity contribution in [2.75, 3.05) is 39.4 Å². The molecule has 0 aromatic heterocycles. The molecule has 1 fully saturated rings. The Balaban J connectivity index is 2.20. The lowest BCUT2D eigenvalue weighted by molar-refractivity contribution is -0.134. The number of nitriles is 1. The van der Waals surface area contributed by atoms with Crippen LogP contribution in [0.3, 0.4) is 0 Å². The minimum absolute atomic E-state index is 0.0258. The zero-order chi connectivity index (χ0) is 14.3. The van der Waals surface area contributed by atoms with Gasteiger partial charge in [0.1, 0.15) is 6.61 Å². The van der Waals surface area contributed by atoms with Gasteiger partial charge < -0.3 is 9.64 Å². The molecule has 0 N–H and O–H groups in total. The molecule has 19 heavy (non-hydrogen) atoms. The number of amides is 1. The van der Waals surface area contributed by atoms with E-state index >= 15 is 0 Å². The fourth-order valence-electron chi connectivity index (χ4n) is 1.93. The Bertz CT molecular complexity index is 325. The average molecular weight is 275 g/mol. The Morgan fingerprint density at radius 3 is 2.53 bits per heavy atom. The highest BCUT2D eigenvalue weighted by atomic mass is 19.3. The van der Waals surface area contributed by atoms with Crippen LogP contribution < -0.4 is 0 Å². The van der Waals surface area contributed by atoms with Gasteiger partial charge in [0.05, 0.1) is 25.1 Å². The predicted octanol–water partition coefficient (Wildman–Crippen LogP) is 0.714. The Hall–Kier alpha value is -1.26. The van der Waals surface area contributed by atoms with Gasteiger partial charge in [0.25, 0.3) is 6.43 Å². The van der Waals surface area contributed by atoms with Crippen LogP contribution in [0.1, 0.15) is 13.3 Å². The number of ether oxygens (including phenoxy) is 1. The monoisotopic (exact) mass is 275 g/mol. The zero-order valence-electron chi connectivity index (χ0n) is 11.0. The standard InChI is InChI=1S/C12H19F2N3O2/c1-10(8-15)16-3-5-17(6-4-16)12(18)2-7-19-9-11(13)14/h10-11H,2-7,9H2,1H3. The normalized spacial score (nSPS) is 18.4. The number of carbonyl (C=O) groups excluding carboxylic acids is 1. The maximum atomic E-state index is 11.8. The summed E-state index contributed by atoms with van der Waals surface area (Å²) in [6.07, 6.45) is -2.37. The summed E-state index contributed by atoms with van der Waals surface area (Å²) in [6.45, 7) is 3.70. The Labute approximate surface area is 111 Å². The summed E-state index contributed by atoms with van der Waals surface area (Å²) in [5.74, 6) is -0.0847. The van der Waals surface area contributed by atoms with E-state index in [4.69, 9.17) is 5.26 Å². The smallest absolute Gasteiger partial charge is 0.261 e. The van der Waals surface area contributed by atoms with E-state index in [0.29, 0.717) is 26.2 Å². The van der Waals surface area contributed by atoms with Crippen molar-refractivity contribution in [1.29, 1.82) is 5.26 Å². The number of piperazine rings is 1. The summed E-state index contributed by atoms with van der Waals surface area (Å²) < 4.78 is 28.3. The van der Waals surface area contributed by atoms with Crippen molar-refractivity contribution < 1.29 is 18.3 Å². The van der Waals surface area contributed by atoms with Gasteiger partial charge >= 0.3 is 0 Å². The van der Waals surface area contributed by atoms with Gasteiger partial charge in [-0.3, -0.25) is 9.69 Å². The molecule has 0 radical (unpaired) electrons. The van der Waals surface area contributed by atoms with Crippen molar-refractivity contribution in [2.45, 2.75) is 25.8 Å². The van der Waals surface area contributed by atoms with Gasteiger partial charge in [-0.25, -0.2) is 8.78 Å².